The molecule has 1 aromatic carbocycles. The van der Waals surface area contributed by atoms with Crippen LogP contribution in [0.15, 0.2) is 18.2 Å². The van der Waals surface area contributed by atoms with Crippen molar-refractivity contribution in [2.75, 3.05) is 6.54 Å². The minimum absolute atomic E-state index is 0.183. The molecule has 0 aromatic heterocycles. The number of carbonyl (C=O) groups excluding carboxylic acids is 1. The SMILES string of the molecule is Cc1cc(CN)ccc1CN1CCCC(C)C1=O. The van der Waals surface area contributed by atoms with E-state index in [9.17, 15) is 4.79 Å². The van der Waals surface area contributed by atoms with Crippen molar-refractivity contribution in [1.29, 1.82) is 0 Å². The van der Waals surface area contributed by atoms with Crippen molar-refractivity contribution in [3.63, 3.8) is 0 Å². The normalized spacial score (nSPS) is 20.3. The van der Waals surface area contributed by atoms with E-state index in [1.165, 1.54) is 11.1 Å². The van der Waals surface area contributed by atoms with Crippen LogP contribution in [0, 0.1) is 12.8 Å². The molecule has 1 heterocycles. The zero-order valence-electron chi connectivity index (χ0n) is 11.3. The monoisotopic (exact) mass is 246 g/mol. The van der Waals surface area contributed by atoms with Crippen molar-refractivity contribution in [3.8, 4) is 0 Å². The number of piperidine rings is 1. The quantitative estimate of drug-likeness (QED) is 0.889. The van der Waals surface area contributed by atoms with Crippen molar-refractivity contribution < 1.29 is 4.79 Å². The van der Waals surface area contributed by atoms with Crippen LogP contribution in [0.25, 0.3) is 0 Å². The van der Waals surface area contributed by atoms with E-state index in [0.29, 0.717) is 12.5 Å². The Morgan fingerprint density at radius 1 is 1.44 bits per heavy atom. The molecule has 1 amide bonds. The van der Waals surface area contributed by atoms with Crippen molar-refractivity contribution in [2.45, 2.75) is 39.8 Å². The summed E-state index contributed by atoms with van der Waals surface area (Å²) >= 11 is 0. The molecule has 1 saturated heterocycles. The molecule has 98 valence electrons. The van der Waals surface area contributed by atoms with E-state index in [2.05, 4.69) is 25.1 Å². The van der Waals surface area contributed by atoms with Gasteiger partial charge in [-0.25, -0.2) is 0 Å². The minimum Gasteiger partial charge on any atom is -0.338 e. The van der Waals surface area contributed by atoms with Gasteiger partial charge < -0.3 is 10.6 Å². The van der Waals surface area contributed by atoms with Crippen molar-refractivity contribution in [2.24, 2.45) is 11.7 Å². The molecule has 2 N–H and O–H groups in total. The highest BCUT2D eigenvalue weighted by molar-refractivity contribution is 5.79. The highest BCUT2D eigenvalue weighted by atomic mass is 16.2. The molecule has 1 aliphatic rings. The van der Waals surface area contributed by atoms with Crippen LogP contribution >= 0.6 is 0 Å². The van der Waals surface area contributed by atoms with E-state index in [-0.39, 0.29) is 5.92 Å². The largest absolute Gasteiger partial charge is 0.338 e. The molecule has 1 unspecified atom stereocenters. The molecule has 0 saturated carbocycles. The van der Waals surface area contributed by atoms with E-state index in [1.54, 1.807) is 0 Å². The minimum atomic E-state index is 0.183. The first-order chi connectivity index (χ1) is 8.61. The third-order valence-electron chi connectivity index (χ3n) is 3.80. The molecule has 0 aliphatic carbocycles. The third kappa shape index (κ3) is 2.72. The Bertz CT molecular complexity index is 442. The number of likely N-dealkylation sites (tertiary alicyclic amines) is 1. The van der Waals surface area contributed by atoms with Crippen molar-refractivity contribution >= 4 is 5.91 Å². The predicted molar refractivity (Wildman–Crippen MR) is 72.9 cm³/mol. The van der Waals surface area contributed by atoms with E-state index in [0.717, 1.165) is 31.5 Å². The molecule has 2 rings (SSSR count). The molecule has 0 bridgehead atoms. The van der Waals surface area contributed by atoms with E-state index < -0.39 is 0 Å². The first-order valence-corrected chi connectivity index (χ1v) is 6.69. The lowest BCUT2D eigenvalue weighted by molar-refractivity contribution is -0.138. The van der Waals surface area contributed by atoms with Gasteiger partial charge in [0.25, 0.3) is 0 Å². The number of benzene rings is 1. The Kier molecular flexibility index (Phi) is 4.02. The van der Waals surface area contributed by atoms with Crippen LogP contribution in [-0.2, 0) is 17.9 Å². The van der Waals surface area contributed by atoms with Gasteiger partial charge in [-0.05, 0) is 36.5 Å². The van der Waals surface area contributed by atoms with Gasteiger partial charge in [0.1, 0.15) is 0 Å². The standard InChI is InChI=1S/C15H22N2O/c1-11-4-3-7-17(15(11)18)10-14-6-5-13(9-16)8-12(14)2/h5-6,8,11H,3-4,7,9-10,16H2,1-2H3. The molecular formula is C15H22N2O. The van der Waals surface area contributed by atoms with Gasteiger partial charge in [0, 0.05) is 25.6 Å². The fourth-order valence-corrected chi connectivity index (χ4v) is 2.56. The number of rotatable bonds is 3. The summed E-state index contributed by atoms with van der Waals surface area (Å²) in [6, 6.07) is 6.28. The molecule has 1 aromatic rings. The number of amides is 1. The number of aryl methyl sites for hydroxylation is 1. The van der Waals surface area contributed by atoms with Crippen molar-refractivity contribution in [3.05, 3.63) is 34.9 Å². The molecule has 1 aliphatic heterocycles. The average Bonchev–Trinajstić information content (AvgIpc) is 2.37. The van der Waals surface area contributed by atoms with Crippen LogP contribution in [0.5, 0.6) is 0 Å². The van der Waals surface area contributed by atoms with Gasteiger partial charge in [-0.3, -0.25) is 4.79 Å². The number of hydrogen-bond acceptors (Lipinski definition) is 2. The summed E-state index contributed by atoms with van der Waals surface area (Å²) in [7, 11) is 0. The van der Waals surface area contributed by atoms with Gasteiger partial charge in [0.15, 0.2) is 0 Å². The smallest absolute Gasteiger partial charge is 0.225 e. The molecule has 3 heteroatoms. The maximum absolute atomic E-state index is 12.1. The molecular weight excluding hydrogens is 224 g/mol. The lowest BCUT2D eigenvalue weighted by atomic mass is 9.97. The molecule has 1 atom stereocenters. The van der Waals surface area contributed by atoms with Crippen LogP contribution in [-0.4, -0.2) is 17.4 Å². The van der Waals surface area contributed by atoms with Crippen LogP contribution in [0.4, 0.5) is 0 Å². The van der Waals surface area contributed by atoms with Gasteiger partial charge in [-0.15, -0.1) is 0 Å². The summed E-state index contributed by atoms with van der Waals surface area (Å²) in [5.74, 6) is 0.478. The fraction of sp³-hybridized carbons (Fsp3) is 0.533. The third-order valence-corrected chi connectivity index (χ3v) is 3.80. The van der Waals surface area contributed by atoms with Gasteiger partial charge in [-0.1, -0.05) is 25.1 Å². The Labute approximate surface area is 109 Å². The second-order valence-electron chi connectivity index (χ2n) is 5.27. The van der Waals surface area contributed by atoms with Crippen molar-refractivity contribution in [1.82, 2.24) is 4.90 Å². The highest BCUT2D eigenvalue weighted by Crippen LogP contribution is 2.21. The Morgan fingerprint density at radius 2 is 2.22 bits per heavy atom. The Balaban J connectivity index is 2.11. The zero-order valence-corrected chi connectivity index (χ0v) is 11.3. The molecule has 18 heavy (non-hydrogen) atoms. The maximum atomic E-state index is 12.1. The summed E-state index contributed by atoms with van der Waals surface area (Å²) in [6.07, 6.45) is 2.15. The number of carbonyl (C=O) groups is 1. The number of hydrogen-bond donors (Lipinski definition) is 1. The summed E-state index contributed by atoms with van der Waals surface area (Å²) < 4.78 is 0. The van der Waals surface area contributed by atoms with Gasteiger partial charge >= 0.3 is 0 Å². The van der Waals surface area contributed by atoms with Gasteiger partial charge in [0.2, 0.25) is 5.91 Å². The number of nitrogens with two attached hydrogens (primary N) is 1. The van der Waals surface area contributed by atoms with Crippen LogP contribution < -0.4 is 5.73 Å². The Morgan fingerprint density at radius 3 is 2.89 bits per heavy atom. The summed E-state index contributed by atoms with van der Waals surface area (Å²) in [5, 5.41) is 0. The van der Waals surface area contributed by atoms with Gasteiger partial charge in [-0.2, -0.15) is 0 Å². The fourth-order valence-electron chi connectivity index (χ4n) is 2.56. The van der Waals surface area contributed by atoms with E-state index in [4.69, 9.17) is 5.73 Å². The lowest BCUT2D eigenvalue weighted by Crippen LogP contribution is -2.39. The second-order valence-corrected chi connectivity index (χ2v) is 5.27. The predicted octanol–water partition coefficient (Wildman–Crippen LogP) is 2.21. The Hall–Kier alpha value is -1.35. The summed E-state index contributed by atoms with van der Waals surface area (Å²) in [4.78, 5) is 14.1. The van der Waals surface area contributed by atoms with Crippen LogP contribution in [0.3, 0.4) is 0 Å². The number of nitrogens with zero attached hydrogens (tertiary/aromatic N) is 1. The first kappa shape index (κ1) is 13.1. The van der Waals surface area contributed by atoms with Crippen LogP contribution in [0.2, 0.25) is 0 Å². The van der Waals surface area contributed by atoms with E-state index in [1.807, 2.05) is 11.8 Å². The zero-order chi connectivity index (χ0) is 13.1. The maximum Gasteiger partial charge on any atom is 0.225 e. The molecule has 0 radical (unpaired) electrons. The summed E-state index contributed by atoms with van der Waals surface area (Å²) in [5.41, 5.74) is 9.23. The van der Waals surface area contributed by atoms with E-state index >= 15 is 0 Å². The topological polar surface area (TPSA) is 46.3 Å². The molecule has 0 spiro atoms. The average molecular weight is 246 g/mol. The second kappa shape index (κ2) is 5.53. The molecule has 3 nitrogen and oxygen atoms in total. The lowest BCUT2D eigenvalue weighted by Gasteiger charge is -2.31. The summed E-state index contributed by atoms with van der Waals surface area (Å²) in [6.45, 7) is 6.31. The van der Waals surface area contributed by atoms with Gasteiger partial charge in [0.05, 0.1) is 0 Å². The first-order valence-electron chi connectivity index (χ1n) is 6.69. The molecule has 1 fully saturated rings. The highest BCUT2D eigenvalue weighted by Gasteiger charge is 2.25. The van der Waals surface area contributed by atoms with Crippen LogP contribution in [0.1, 0.15) is 36.5 Å².